The number of aliphatic hydroxyl groups is 1. The van der Waals surface area contributed by atoms with Gasteiger partial charge < -0.3 is 15.3 Å². The average Bonchev–Trinajstić information content (AvgIpc) is 3.25. The average molecular weight is 426 g/mol. The Morgan fingerprint density at radius 3 is 2.66 bits per heavy atom. The monoisotopic (exact) mass is 426 g/mol. The molecular weight excluding hydrogens is 405 g/mol. The van der Waals surface area contributed by atoms with Crippen molar-refractivity contribution in [2.75, 3.05) is 5.32 Å². The van der Waals surface area contributed by atoms with Gasteiger partial charge in [0.25, 0.3) is 0 Å². The lowest BCUT2D eigenvalue weighted by molar-refractivity contribution is 0.160. The predicted octanol–water partition coefficient (Wildman–Crippen LogP) is 3.74. The molecule has 2 N–H and O–H groups in total. The number of fused-ring (bicyclic) bond motifs is 1. The molecule has 1 aliphatic carbocycles. The molecule has 2 aliphatic rings. The lowest BCUT2D eigenvalue weighted by atomic mass is 10.2. The molecule has 2 unspecified atom stereocenters. The highest BCUT2D eigenvalue weighted by Crippen LogP contribution is 2.38. The van der Waals surface area contributed by atoms with E-state index in [1.165, 1.54) is 0 Å². The van der Waals surface area contributed by atoms with E-state index in [2.05, 4.69) is 10.4 Å². The third-order valence-electron chi connectivity index (χ3n) is 5.35. The number of halogens is 3. The summed E-state index contributed by atoms with van der Waals surface area (Å²) in [6, 6.07) is 0.787. The quantitative estimate of drug-likeness (QED) is 0.734. The molecule has 0 radical (unpaired) electrons. The van der Waals surface area contributed by atoms with Gasteiger partial charge in [-0.2, -0.15) is 5.10 Å². The number of carbonyl (C=O) groups excluding carboxylic acids is 1. The predicted molar refractivity (Wildman–Crippen MR) is 102 cm³/mol. The smallest absolute Gasteiger partial charge is 0.322 e. The van der Waals surface area contributed by atoms with Crippen LogP contribution in [0.2, 0.25) is 0 Å². The Hall–Kier alpha value is -2.20. The van der Waals surface area contributed by atoms with Crippen LogP contribution in [0.3, 0.4) is 0 Å². The Labute approximate surface area is 170 Å². The number of rotatable bonds is 3. The van der Waals surface area contributed by atoms with Gasteiger partial charge in [0.1, 0.15) is 0 Å². The number of carbonyl (C=O) groups is 1. The number of nitrogens with zero attached hydrogens (tertiary/aromatic N) is 3. The second kappa shape index (κ2) is 7.91. The number of anilines is 1. The number of thioether (sulfide) groups is 1. The maximum Gasteiger partial charge on any atom is 0.322 e. The minimum absolute atomic E-state index is 0.146. The summed E-state index contributed by atoms with van der Waals surface area (Å²) in [5.74, 6) is -4.29. The molecule has 156 valence electrons. The molecule has 1 fully saturated rings. The molecule has 0 spiro atoms. The molecule has 0 bridgehead atoms. The third kappa shape index (κ3) is 4.09. The number of aliphatic hydroxyl groups excluding tert-OH is 1. The lowest BCUT2D eigenvalue weighted by Gasteiger charge is -2.34. The van der Waals surface area contributed by atoms with Crippen LogP contribution in [0.25, 0.3) is 0 Å². The van der Waals surface area contributed by atoms with Gasteiger partial charge in [0.05, 0.1) is 42.0 Å². The van der Waals surface area contributed by atoms with E-state index in [0.29, 0.717) is 11.8 Å². The highest BCUT2D eigenvalue weighted by atomic mass is 32.2. The Morgan fingerprint density at radius 1 is 1.28 bits per heavy atom. The molecule has 2 amide bonds. The minimum Gasteiger partial charge on any atom is -0.393 e. The van der Waals surface area contributed by atoms with Crippen molar-refractivity contribution in [2.45, 2.75) is 61.6 Å². The van der Waals surface area contributed by atoms with E-state index >= 15 is 0 Å². The van der Waals surface area contributed by atoms with Crippen LogP contribution in [0.4, 0.5) is 23.7 Å². The van der Waals surface area contributed by atoms with Gasteiger partial charge >= 0.3 is 6.03 Å². The highest BCUT2D eigenvalue weighted by Gasteiger charge is 2.32. The molecule has 1 aromatic carbocycles. The summed E-state index contributed by atoms with van der Waals surface area (Å²) < 4.78 is 41.8. The molecule has 1 saturated carbocycles. The molecular formula is C19H21F3N4O2S. The Bertz CT molecular complexity index is 915. The first-order valence-corrected chi connectivity index (χ1v) is 10.3. The fourth-order valence-electron chi connectivity index (χ4n) is 3.77. The third-order valence-corrected chi connectivity index (χ3v) is 6.70. The van der Waals surface area contributed by atoms with Crippen LogP contribution in [0.5, 0.6) is 0 Å². The van der Waals surface area contributed by atoms with E-state index in [1.54, 1.807) is 22.9 Å². The number of urea groups is 1. The summed E-state index contributed by atoms with van der Waals surface area (Å²) in [7, 11) is 0. The summed E-state index contributed by atoms with van der Waals surface area (Å²) in [6.45, 7) is 2.63. The van der Waals surface area contributed by atoms with Crippen molar-refractivity contribution in [1.82, 2.24) is 14.7 Å². The van der Waals surface area contributed by atoms with Gasteiger partial charge in [-0.3, -0.25) is 4.68 Å². The van der Waals surface area contributed by atoms with Gasteiger partial charge in [0.2, 0.25) is 0 Å². The van der Waals surface area contributed by atoms with Crippen LogP contribution in [0, 0.1) is 17.5 Å². The number of nitrogens with one attached hydrogen (secondary N) is 1. The second-order valence-corrected chi connectivity index (χ2v) is 8.85. The second-order valence-electron chi connectivity index (χ2n) is 7.51. The number of aromatic nitrogens is 2. The zero-order valence-electron chi connectivity index (χ0n) is 15.7. The number of amides is 2. The SMILES string of the molecule is C[C@H]1Cn2ncc(SC3CCC(O)C3)c2CN1C(=O)Nc1cc(F)c(F)c(F)c1. The molecule has 0 saturated heterocycles. The Morgan fingerprint density at radius 2 is 2.00 bits per heavy atom. The van der Waals surface area contributed by atoms with Crippen molar-refractivity contribution in [3.63, 3.8) is 0 Å². The zero-order chi connectivity index (χ0) is 20.7. The maximum absolute atomic E-state index is 13.4. The van der Waals surface area contributed by atoms with E-state index in [-0.39, 0.29) is 24.4 Å². The number of benzene rings is 1. The number of hydrogen-bond donors (Lipinski definition) is 2. The van der Waals surface area contributed by atoms with E-state index in [4.69, 9.17) is 0 Å². The van der Waals surface area contributed by atoms with Gasteiger partial charge in [-0.15, -0.1) is 11.8 Å². The Balaban J connectivity index is 1.49. The summed E-state index contributed by atoms with van der Waals surface area (Å²) in [5, 5.41) is 16.9. The fourth-order valence-corrected chi connectivity index (χ4v) is 5.12. The summed E-state index contributed by atoms with van der Waals surface area (Å²) >= 11 is 1.66. The van der Waals surface area contributed by atoms with Crippen LogP contribution in [0.1, 0.15) is 31.9 Å². The van der Waals surface area contributed by atoms with Crippen molar-refractivity contribution < 1.29 is 23.1 Å². The molecule has 6 nitrogen and oxygen atoms in total. The zero-order valence-corrected chi connectivity index (χ0v) is 16.6. The summed E-state index contributed by atoms with van der Waals surface area (Å²) in [4.78, 5) is 15.2. The standard InChI is InChI=1S/C19H21F3N4O2S/c1-10-8-26-16(17(7-23-26)29-13-3-2-12(27)6-13)9-25(10)19(28)24-11-4-14(20)18(22)15(21)5-11/h4-5,7,10,12-13,27H,2-3,6,8-9H2,1H3,(H,24,28)/t10-,12?,13?/m0/s1. The molecule has 3 atom stereocenters. The first-order chi connectivity index (χ1) is 13.8. The topological polar surface area (TPSA) is 70.4 Å². The molecule has 29 heavy (non-hydrogen) atoms. The summed E-state index contributed by atoms with van der Waals surface area (Å²) in [6.07, 6.45) is 3.97. The van der Waals surface area contributed by atoms with Crippen LogP contribution in [-0.4, -0.2) is 43.2 Å². The molecule has 2 heterocycles. The molecule has 1 aromatic heterocycles. The van der Waals surface area contributed by atoms with Gasteiger partial charge in [-0.1, -0.05) is 0 Å². The first-order valence-electron chi connectivity index (χ1n) is 9.43. The van der Waals surface area contributed by atoms with Crippen molar-refractivity contribution in [3.05, 3.63) is 41.5 Å². The van der Waals surface area contributed by atoms with Crippen LogP contribution in [-0.2, 0) is 13.1 Å². The van der Waals surface area contributed by atoms with Crippen LogP contribution >= 0.6 is 11.8 Å². The van der Waals surface area contributed by atoms with Gasteiger partial charge in [-0.05, 0) is 26.2 Å². The number of hydrogen-bond acceptors (Lipinski definition) is 4. The van der Waals surface area contributed by atoms with E-state index in [0.717, 1.165) is 42.0 Å². The van der Waals surface area contributed by atoms with E-state index < -0.39 is 23.5 Å². The molecule has 1 aliphatic heterocycles. The van der Waals surface area contributed by atoms with Crippen molar-refractivity contribution in [1.29, 1.82) is 0 Å². The Kier molecular flexibility index (Phi) is 5.48. The molecule has 10 heteroatoms. The minimum atomic E-state index is -1.57. The van der Waals surface area contributed by atoms with Crippen LogP contribution in [0.15, 0.2) is 23.2 Å². The van der Waals surface area contributed by atoms with Gasteiger partial charge in [0.15, 0.2) is 17.5 Å². The van der Waals surface area contributed by atoms with E-state index in [9.17, 15) is 23.1 Å². The van der Waals surface area contributed by atoms with Crippen molar-refractivity contribution >= 4 is 23.5 Å². The highest BCUT2D eigenvalue weighted by molar-refractivity contribution is 8.00. The molecule has 4 rings (SSSR count). The lowest BCUT2D eigenvalue weighted by Crippen LogP contribution is -2.47. The normalized spacial score (nSPS) is 23.9. The maximum atomic E-state index is 13.4. The first kappa shape index (κ1) is 20.1. The van der Waals surface area contributed by atoms with Gasteiger partial charge in [0, 0.05) is 23.1 Å². The van der Waals surface area contributed by atoms with Crippen molar-refractivity contribution in [2.24, 2.45) is 0 Å². The summed E-state index contributed by atoms with van der Waals surface area (Å²) in [5.41, 5.74) is 0.744. The van der Waals surface area contributed by atoms with Crippen LogP contribution < -0.4 is 5.32 Å². The molecule has 2 aromatic rings. The van der Waals surface area contributed by atoms with Crippen molar-refractivity contribution in [3.8, 4) is 0 Å². The largest absolute Gasteiger partial charge is 0.393 e. The fraction of sp³-hybridized carbons (Fsp3) is 0.474. The van der Waals surface area contributed by atoms with Gasteiger partial charge in [-0.25, -0.2) is 18.0 Å². The van der Waals surface area contributed by atoms with E-state index in [1.807, 2.05) is 11.6 Å².